The number of hydrogen-bond acceptors (Lipinski definition) is 3. The SMILES string of the molecule is C=Cc1ccc(N2C=NC(C)N2)cc1. The fourth-order valence-electron chi connectivity index (χ4n) is 1.35. The maximum absolute atomic E-state index is 4.21. The average molecular weight is 187 g/mol. The van der Waals surface area contributed by atoms with Crippen molar-refractivity contribution >= 4 is 18.1 Å². The monoisotopic (exact) mass is 187 g/mol. The minimum absolute atomic E-state index is 0.161. The highest BCUT2D eigenvalue weighted by molar-refractivity contribution is 5.79. The molecule has 1 aromatic rings. The summed E-state index contributed by atoms with van der Waals surface area (Å²) in [7, 11) is 0. The van der Waals surface area contributed by atoms with Crippen molar-refractivity contribution in [2.75, 3.05) is 5.01 Å². The molecule has 1 N–H and O–H groups in total. The van der Waals surface area contributed by atoms with Crippen molar-refractivity contribution in [2.45, 2.75) is 13.1 Å². The Bertz CT molecular complexity index is 353. The molecule has 3 nitrogen and oxygen atoms in total. The van der Waals surface area contributed by atoms with E-state index in [9.17, 15) is 0 Å². The number of rotatable bonds is 2. The van der Waals surface area contributed by atoms with Crippen molar-refractivity contribution in [3.05, 3.63) is 36.4 Å². The van der Waals surface area contributed by atoms with Gasteiger partial charge < -0.3 is 0 Å². The quantitative estimate of drug-likeness (QED) is 0.767. The fourth-order valence-corrected chi connectivity index (χ4v) is 1.35. The molecule has 1 unspecified atom stereocenters. The standard InChI is InChI=1S/C11H13N3/c1-3-10-4-6-11(7-5-10)14-8-12-9(2)13-14/h3-9,13H,1H2,2H3. The van der Waals surface area contributed by atoms with E-state index in [0.29, 0.717) is 0 Å². The van der Waals surface area contributed by atoms with E-state index in [1.54, 1.807) is 6.34 Å². The van der Waals surface area contributed by atoms with Gasteiger partial charge in [0.15, 0.2) is 0 Å². The van der Waals surface area contributed by atoms with E-state index >= 15 is 0 Å². The first-order valence-corrected chi connectivity index (χ1v) is 4.61. The van der Waals surface area contributed by atoms with E-state index in [1.807, 2.05) is 42.3 Å². The Balaban J connectivity index is 2.17. The van der Waals surface area contributed by atoms with Gasteiger partial charge in [-0.25, -0.2) is 5.43 Å². The summed E-state index contributed by atoms with van der Waals surface area (Å²) in [5.74, 6) is 0. The van der Waals surface area contributed by atoms with E-state index in [0.717, 1.165) is 11.3 Å². The lowest BCUT2D eigenvalue weighted by atomic mass is 10.2. The van der Waals surface area contributed by atoms with E-state index in [1.165, 1.54) is 0 Å². The van der Waals surface area contributed by atoms with Crippen molar-refractivity contribution in [3.8, 4) is 0 Å². The van der Waals surface area contributed by atoms with Crippen LogP contribution in [0.1, 0.15) is 12.5 Å². The summed E-state index contributed by atoms with van der Waals surface area (Å²) in [4.78, 5) is 4.21. The second-order valence-corrected chi connectivity index (χ2v) is 3.24. The molecule has 1 heterocycles. The first kappa shape index (κ1) is 8.97. The largest absolute Gasteiger partial charge is 0.264 e. The second kappa shape index (κ2) is 3.64. The normalized spacial score (nSPS) is 20.1. The molecular weight excluding hydrogens is 174 g/mol. The number of hydrogen-bond donors (Lipinski definition) is 1. The maximum atomic E-state index is 4.21. The average Bonchev–Trinajstić information content (AvgIpc) is 2.65. The van der Waals surface area contributed by atoms with Crippen molar-refractivity contribution in [3.63, 3.8) is 0 Å². The van der Waals surface area contributed by atoms with Gasteiger partial charge in [0.25, 0.3) is 0 Å². The minimum atomic E-state index is 0.161. The third kappa shape index (κ3) is 1.67. The molecule has 1 atom stereocenters. The van der Waals surface area contributed by atoms with E-state index < -0.39 is 0 Å². The Kier molecular flexibility index (Phi) is 2.33. The van der Waals surface area contributed by atoms with Gasteiger partial charge in [0.05, 0.1) is 5.69 Å². The maximum Gasteiger partial charge on any atom is 0.116 e. The lowest BCUT2D eigenvalue weighted by Crippen LogP contribution is -2.35. The van der Waals surface area contributed by atoms with E-state index in [4.69, 9.17) is 0 Å². The first-order valence-electron chi connectivity index (χ1n) is 4.61. The first-order chi connectivity index (χ1) is 6.79. The lowest BCUT2D eigenvalue weighted by molar-refractivity contribution is 0.632. The minimum Gasteiger partial charge on any atom is -0.264 e. The predicted octanol–water partition coefficient (Wildman–Crippen LogP) is 2.03. The van der Waals surface area contributed by atoms with Crippen LogP contribution >= 0.6 is 0 Å². The number of nitrogens with one attached hydrogen (secondary N) is 1. The van der Waals surface area contributed by atoms with Crippen LogP contribution < -0.4 is 10.4 Å². The van der Waals surface area contributed by atoms with Crippen molar-refractivity contribution in [1.82, 2.24) is 5.43 Å². The molecule has 0 fully saturated rings. The topological polar surface area (TPSA) is 27.6 Å². The van der Waals surface area contributed by atoms with Gasteiger partial charge in [-0.2, -0.15) is 0 Å². The summed E-state index contributed by atoms with van der Waals surface area (Å²) < 4.78 is 0. The third-order valence-corrected chi connectivity index (χ3v) is 2.14. The molecule has 0 radical (unpaired) electrons. The van der Waals surface area contributed by atoms with Crippen molar-refractivity contribution in [2.24, 2.45) is 4.99 Å². The zero-order valence-electron chi connectivity index (χ0n) is 8.14. The molecule has 3 heteroatoms. The Morgan fingerprint density at radius 1 is 1.43 bits per heavy atom. The fraction of sp³-hybridized carbons (Fsp3) is 0.182. The lowest BCUT2D eigenvalue weighted by Gasteiger charge is -2.15. The number of anilines is 1. The second-order valence-electron chi connectivity index (χ2n) is 3.24. The number of nitrogens with zero attached hydrogens (tertiary/aromatic N) is 2. The Hall–Kier alpha value is -1.61. The molecule has 1 aliphatic heterocycles. The van der Waals surface area contributed by atoms with Gasteiger partial charge in [0.1, 0.15) is 12.5 Å². The molecule has 0 saturated heterocycles. The predicted molar refractivity (Wildman–Crippen MR) is 60.1 cm³/mol. The van der Waals surface area contributed by atoms with Crippen molar-refractivity contribution < 1.29 is 0 Å². The van der Waals surface area contributed by atoms with E-state index in [2.05, 4.69) is 17.0 Å². The molecule has 14 heavy (non-hydrogen) atoms. The van der Waals surface area contributed by atoms with Gasteiger partial charge in [-0.15, -0.1) is 0 Å². The smallest absolute Gasteiger partial charge is 0.116 e. The molecule has 0 amide bonds. The van der Waals surface area contributed by atoms with E-state index in [-0.39, 0.29) is 6.17 Å². The third-order valence-electron chi connectivity index (χ3n) is 2.14. The van der Waals surface area contributed by atoms with Crippen LogP contribution in [0.5, 0.6) is 0 Å². The summed E-state index contributed by atoms with van der Waals surface area (Å²) in [5.41, 5.74) is 5.40. The summed E-state index contributed by atoms with van der Waals surface area (Å²) in [6.07, 6.45) is 3.79. The van der Waals surface area contributed by atoms with Crippen LogP contribution in [0.15, 0.2) is 35.8 Å². The molecule has 0 aromatic heterocycles. The molecule has 0 spiro atoms. The van der Waals surface area contributed by atoms with Crippen LogP contribution in [0.4, 0.5) is 5.69 Å². The Morgan fingerprint density at radius 2 is 2.14 bits per heavy atom. The zero-order chi connectivity index (χ0) is 9.97. The molecule has 0 aliphatic carbocycles. The highest BCUT2D eigenvalue weighted by Gasteiger charge is 2.12. The molecule has 1 aromatic carbocycles. The molecule has 0 saturated carbocycles. The molecule has 1 aliphatic rings. The van der Waals surface area contributed by atoms with Crippen LogP contribution in [0.3, 0.4) is 0 Å². The molecule has 72 valence electrons. The van der Waals surface area contributed by atoms with Crippen LogP contribution in [-0.2, 0) is 0 Å². The Morgan fingerprint density at radius 3 is 2.64 bits per heavy atom. The van der Waals surface area contributed by atoms with Crippen molar-refractivity contribution in [1.29, 1.82) is 0 Å². The number of aliphatic imine (C=N–C) groups is 1. The number of benzene rings is 1. The summed E-state index contributed by atoms with van der Waals surface area (Å²) >= 11 is 0. The van der Waals surface area contributed by atoms with Gasteiger partial charge in [-0.05, 0) is 24.6 Å². The van der Waals surface area contributed by atoms with Crippen LogP contribution in [-0.4, -0.2) is 12.5 Å². The molecular formula is C11H13N3. The zero-order valence-corrected chi connectivity index (χ0v) is 8.14. The van der Waals surface area contributed by atoms with Gasteiger partial charge in [0.2, 0.25) is 0 Å². The highest BCUT2D eigenvalue weighted by atomic mass is 15.6. The van der Waals surface area contributed by atoms with Crippen LogP contribution in [0.2, 0.25) is 0 Å². The molecule has 2 rings (SSSR count). The van der Waals surface area contributed by atoms with Gasteiger partial charge in [0, 0.05) is 0 Å². The van der Waals surface area contributed by atoms with Crippen LogP contribution in [0, 0.1) is 0 Å². The Labute approximate surface area is 83.7 Å². The van der Waals surface area contributed by atoms with Crippen LogP contribution in [0.25, 0.3) is 6.08 Å². The summed E-state index contributed by atoms with van der Waals surface area (Å²) in [6, 6.07) is 8.13. The van der Waals surface area contributed by atoms with Gasteiger partial charge >= 0.3 is 0 Å². The molecule has 0 bridgehead atoms. The summed E-state index contributed by atoms with van der Waals surface area (Å²) in [5, 5.41) is 1.91. The summed E-state index contributed by atoms with van der Waals surface area (Å²) in [6.45, 7) is 5.72. The van der Waals surface area contributed by atoms with Gasteiger partial charge in [-0.1, -0.05) is 24.8 Å². The van der Waals surface area contributed by atoms with Gasteiger partial charge in [-0.3, -0.25) is 10.0 Å². The highest BCUT2D eigenvalue weighted by Crippen LogP contribution is 2.15. The number of hydrazine groups is 1.